The van der Waals surface area contributed by atoms with E-state index in [0.29, 0.717) is 13.2 Å². The molecule has 0 unspecified atom stereocenters. The van der Waals surface area contributed by atoms with Crippen LogP contribution >= 0.6 is 23.5 Å². The van der Waals surface area contributed by atoms with Crippen LogP contribution in [0.25, 0.3) is 0 Å². The zero-order chi connectivity index (χ0) is 31.9. The van der Waals surface area contributed by atoms with Crippen LogP contribution in [-0.4, -0.2) is 120 Å². The van der Waals surface area contributed by atoms with Gasteiger partial charge in [-0.15, -0.1) is 23.5 Å². The van der Waals surface area contributed by atoms with Crippen molar-refractivity contribution in [1.82, 2.24) is 19.6 Å². The van der Waals surface area contributed by atoms with E-state index < -0.39 is 0 Å². The second-order valence-electron chi connectivity index (χ2n) is 10.8. The standard InChI is InChI=1S/C17H29N3O2S.C15H25N3O2S/c1-5-8-11-21-12-17-22-16(13-23-17)20-10-9-15(18-14(20)4)19(6-2)7-3;1-5-6-9-19-10-15-20-14(11-21-15)18-8-7-13(17(3)4)16-12(18)2/h9-10,16-17H,4-8,11-13H2,1-3H3;7-8,14-15H,2,5-6,9-11H2,1,3-4H3/t16-,17+;14-,15+/m11/s1. The summed E-state index contributed by atoms with van der Waals surface area (Å²) in [5, 5.41) is 0. The molecule has 0 saturated carbocycles. The summed E-state index contributed by atoms with van der Waals surface area (Å²) in [5.74, 6) is 5.15. The Morgan fingerprint density at radius 3 is 1.66 bits per heavy atom. The molecule has 10 nitrogen and oxygen atoms in total. The van der Waals surface area contributed by atoms with Gasteiger partial charge in [-0.1, -0.05) is 39.8 Å². The Balaban J connectivity index is 0.000000241. The first-order valence-electron chi connectivity index (χ1n) is 15.9. The number of unbranched alkanes of at least 4 members (excludes halogenated alkanes) is 2. The number of ether oxygens (including phenoxy) is 4. The molecule has 0 aromatic heterocycles. The van der Waals surface area contributed by atoms with Crippen LogP contribution in [0.1, 0.15) is 53.4 Å². The predicted molar refractivity (Wildman–Crippen MR) is 185 cm³/mol. The van der Waals surface area contributed by atoms with Crippen molar-refractivity contribution < 1.29 is 18.9 Å². The lowest BCUT2D eigenvalue weighted by atomic mass is 10.3. The first-order valence-corrected chi connectivity index (χ1v) is 18.0. The summed E-state index contributed by atoms with van der Waals surface area (Å²) in [6.07, 6.45) is 12.6. The van der Waals surface area contributed by atoms with Crippen LogP contribution in [0.2, 0.25) is 0 Å². The first-order chi connectivity index (χ1) is 21.3. The second-order valence-corrected chi connectivity index (χ2v) is 13.2. The maximum Gasteiger partial charge on any atom is 0.145 e. The monoisotopic (exact) mass is 650 g/mol. The summed E-state index contributed by atoms with van der Waals surface area (Å²) >= 11 is 3.59. The largest absolute Gasteiger partial charge is 0.378 e. The van der Waals surface area contributed by atoms with E-state index in [1.807, 2.05) is 53.3 Å². The number of hydrogen-bond acceptors (Lipinski definition) is 12. The molecule has 2 saturated heterocycles. The highest BCUT2D eigenvalue weighted by atomic mass is 32.2. The van der Waals surface area contributed by atoms with Crippen LogP contribution in [-0.2, 0) is 18.9 Å². The molecule has 0 aromatic carbocycles. The fourth-order valence-corrected chi connectivity index (χ4v) is 6.66. The minimum atomic E-state index is -0.00877. The molecule has 12 heteroatoms. The smallest absolute Gasteiger partial charge is 0.145 e. The SMILES string of the molecule is C=C1N=C(N(C)C)C=CN1[C@H]1CS[C@@H](COCCCC)O1.C=C1N=C(N(CC)CC)C=CN1[C@H]1CS[C@@H](COCCCC)O1. The Bertz CT molecular complexity index is 1030. The molecular formula is C32H54N6O4S2. The number of thioether (sulfide) groups is 2. The van der Waals surface area contributed by atoms with E-state index in [1.165, 1.54) is 0 Å². The maximum absolute atomic E-state index is 6.07. The zero-order valence-electron chi connectivity index (χ0n) is 27.7. The lowest BCUT2D eigenvalue weighted by Crippen LogP contribution is -2.37. The van der Waals surface area contributed by atoms with Gasteiger partial charge < -0.3 is 38.5 Å². The highest BCUT2D eigenvalue weighted by Crippen LogP contribution is 2.32. The number of rotatable bonds is 14. The van der Waals surface area contributed by atoms with Crippen LogP contribution in [0.4, 0.5) is 0 Å². The van der Waals surface area contributed by atoms with Crippen molar-refractivity contribution in [3.8, 4) is 0 Å². The van der Waals surface area contributed by atoms with Gasteiger partial charge in [0, 0.05) is 64.3 Å². The molecule has 4 aliphatic heterocycles. The molecule has 0 bridgehead atoms. The molecule has 0 spiro atoms. The zero-order valence-corrected chi connectivity index (χ0v) is 29.3. The van der Waals surface area contributed by atoms with Gasteiger partial charge in [-0.25, -0.2) is 9.98 Å². The Labute approximate surface area is 274 Å². The van der Waals surface area contributed by atoms with Gasteiger partial charge >= 0.3 is 0 Å². The Kier molecular flexibility index (Phi) is 16.2. The molecule has 0 radical (unpaired) electrons. The van der Waals surface area contributed by atoms with Gasteiger partial charge in [-0.2, -0.15) is 0 Å². The molecule has 4 atom stereocenters. The number of amidine groups is 2. The van der Waals surface area contributed by atoms with E-state index >= 15 is 0 Å². The van der Waals surface area contributed by atoms with Gasteiger partial charge in [-0.3, -0.25) is 0 Å². The molecule has 0 N–H and O–H groups in total. The molecule has 0 amide bonds. The average Bonchev–Trinajstić information content (AvgIpc) is 3.69. The fraction of sp³-hybridized carbons (Fsp3) is 0.688. The van der Waals surface area contributed by atoms with Crippen LogP contribution in [0.15, 0.2) is 59.3 Å². The summed E-state index contributed by atoms with van der Waals surface area (Å²) < 4.78 is 23.4. The lowest BCUT2D eigenvalue weighted by molar-refractivity contribution is -0.0389. The van der Waals surface area contributed by atoms with Crippen molar-refractivity contribution in [2.75, 3.05) is 65.1 Å². The lowest BCUT2D eigenvalue weighted by Gasteiger charge is -2.31. The van der Waals surface area contributed by atoms with E-state index in [2.05, 4.69) is 55.7 Å². The van der Waals surface area contributed by atoms with Crippen LogP contribution < -0.4 is 0 Å². The van der Waals surface area contributed by atoms with Gasteiger partial charge in [0.25, 0.3) is 0 Å². The molecule has 248 valence electrons. The highest BCUT2D eigenvalue weighted by molar-refractivity contribution is 8.00. The van der Waals surface area contributed by atoms with Gasteiger partial charge in [0.05, 0.1) is 13.2 Å². The number of nitrogens with zero attached hydrogens (tertiary/aromatic N) is 6. The van der Waals surface area contributed by atoms with Gasteiger partial charge in [0.15, 0.2) is 0 Å². The van der Waals surface area contributed by atoms with Gasteiger partial charge in [0.2, 0.25) is 0 Å². The molecule has 4 rings (SSSR count). The maximum atomic E-state index is 6.07. The van der Waals surface area contributed by atoms with E-state index in [1.54, 1.807) is 23.5 Å². The third-order valence-electron chi connectivity index (χ3n) is 7.28. The van der Waals surface area contributed by atoms with Crippen LogP contribution in [0, 0.1) is 0 Å². The van der Waals surface area contributed by atoms with Crippen LogP contribution in [0.5, 0.6) is 0 Å². The molecule has 0 aromatic rings. The van der Waals surface area contributed by atoms with E-state index in [0.717, 1.165) is 86.8 Å². The number of hydrogen-bond donors (Lipinski definition) is 0. The van der Waals surface area contributed by atoms with E-state index in [4.69, 9.17) is 18.9 Å². The Hall–Kier alpha value is -1.96. The third-order valence-corrected chi connectivity index (χ3v) is 9.47. The Morgan fingerprint density at radius 1 is 0.795 bits per heavy atom. The predicted octanol–water partition coefficient (Wildman–Crippen LogP) is 5.74. The summed E-state index contributed by atoms with van der Waals surface area (Å²) in [4.78, 5) is 17.3. The van der Waals surface area contributed by atoms with E-state index in [9.17, 15) is 0 Å². The van der Waals surface area contributed by atoms with Gasteiger partial charge in [0.1, 0.15) is 46.6 Å². The Morgan fingerprint density at radius 2 is 1.25 bits per heavy atom. The quantitative estimate of drug-likeness (QED) is 0.217. The second kappa shape index (κ2) is 19.5. The van der Waals surface area contributed by atoms with Crippen molar-refractivity contribution in [2.24, 2.45) is 9.98 Å². The average molecular weight is 651 g/mol. The topological polar surface area (TPSA) is 74.6 Å². The molecule has 0 aliphatic carbocycles. The van der Waals surface area contributed by atoms with Crippen molar-refractivity contribution in [3.63, 3.8) is 0 Å². The highest BCUT2D eigenvalue weighted by Gasteiger charge is 2.33. The molecule has 4 heterocycles. The van der Waals surface area contributed by atoms with Gasteiger partial charge in [-0.05, 0) is 38.8 Å². The normalized spacial score (nSPS) is 24.8. The third kappa shape index (κ3) is 11.1. The minimum Gasteiger partial charge on any atom is -0.378 e. The molecule has 2 fully saturated rings. The fourth-order valence-electron chi connectivity index (χ4n) is 4.62. The summed E-state index contributed by atoms with van der Waals surface area (Å²) in [5.41, 5.74) is 0.207. The summed E-state index contributed by atoms with van der Waals surface area (Å²) in [6.45, 7) is 21.5. The first kappa shape index (κ1) is 36.5. The van der Waals surface area contributed by atoms with Crippen molar-refractivity contribution in [3.05, 3.63) is 49.4 Å². The van der Waals surface area contributed by atoms with Crippen LogP contribution in [0.3, 0.4) is 0 Å². The van der Waals surface area contributed by atoms with Crippen molar-refractivity contribution in [2.45, 2.75) is 76.7 Å². The molecular weight excluding hydrogens is 597 g/mol. The summed E-state index contributed by atoms with van der Waals surface area (Å²) in [6, 6.07) is 0. The molecule has 4 aliphatic rings. The number of likely N-dealkylation sites (N-methyl/N-ethyl adjacent to an activating group) is 2. The number of aliphatic imine (C=N–C) groups is 2. The van der Waals surface area contributed by atoms with Crippen molar-refractivity contribution in [1.29, 1.82) is 0 Å². The summed E-state index contributed by atoms with van der Waals surface area (Å²) in [7, 11) is 3.94. The minimum absolute atomic E-state index is 0.00835. The van der Waals surface area contributed by atoms with Crippen molar-refractivity contribution >= 4 is 35.2 Å². The van der Waals surface area contributed by atoms with E-state index in [-0.39, 0.29) is 23.3 Å². The molecule has 44 heavy (non-hydrogen) atoms.